The van der Waals surface area contributed by atoms with Crippen LogP contribution in [0.4, 0.5) is 0 Å². The summed E-state index contributed by atoms with van der Waals surface area (Å²) in [5.74, 6) is 0.629. The molecule has 1 saturated heterocycles. The fourth-order valence-corrected chi connectivity index (χ4v) is 3.92. The summed E-state index contributed by atoms with van der Waals surface area (Å²) in [6.07, 6.45) is 5.52. The van der Waals surface area contributed by atoms with Crippen molar-refractivity contribution in [2.45, 2.75) is 58.9 Å². The molecule has 1 aliphatic carbocycles. The molecular formula is C15H31N3O2S. The number of nitrogens with one attached hydrogen (secondary N) is 2. The minimum Gasteiger partial charge on any atom is -0.314 e. The van der Waals surface area contributed by atoms with Crippen LogP contribution in [0.2, 0.25) is 0 Å². The molecule has 2 rings (SSSR count). The van der Waals surface area contributed by atoms with Gasteiger partial charge in [-0.3, -0.25) is 0 Å². The molecule has 6 heteroatoms. The molecular weight excluding hydrogens is 286 g/mol. The molecule has 0 aromatic heterocycles. The van der Waals surface area contributed by atoms with Gasteiger partial charge in [0.25, 0.3) is 10.2 Å². The molecule has 0 aromatic rings. The molecule has 1 saturated carbocycles. The van der Waals surface area contributed by atoms with Gasteiger partial charge in [0.2, 0.25) is 0 Å². The molecule has 2 fully saturated rings. The van der Waals surface area contributed by atoms with Gasteiger partial charge in [-0.2, -0.15) is 12.7 Å². The number of nitrogens with zero attached hydrogens (tertiary/aromatic N) is 1. The van der Waals surface area contributed by atoms with Gasteiger partial charge in [-0.25, -0.2) is 4.72 Å². The first kappa shape index (κ1) is 17.2. The lowest BCUT2D eigenvalue weighted by molar-refractivity contribution is 0.261. The molecule has 21 heavy (non-hydrogen) atoms. The van der Waals surface area contributed by atoms with Gasteiger partial charge in [-0.1, -0.05) is 20.8 Å². The fraction of sp³-hybridized carbons (Fsp3) is 1.00. The second kappa shape index (κ2) is 6.94. The Morgan fingerprint density at radius 3 is 2.29 bits per heavy atom. The van der Waals surface area contributed by atoms with Crippen molar-refractivity contribution in [1.82, 2.24) is 14.3 Å². The molecule has 2 N–H and O–H groups in total. The lowest BCUT2D eigenvalue weighted by Gasteiger charge is -2.32. The van der Waals surface area contributed by atoms with E-state index in [0.717, 1.165) is 31.8 Å². The summed E-state index contributed by atoms with van der Waals surface area (Å²) in [5, 5.41) is 3.55. The summed E-state index contributed by atoms with van der Waals surface area (Å²) in [7, 11) is -3.31. The molecule has 1 heterocycles. The largest absolute Gasteiger partial charge is 0.314 e. The van der Waals surface area contributed by atoms with E-state index < -0.39 is 10.2 Å². The Balaban J connectivity index is 1.74. The molecule has 0 unspecified atom stereocenters. The van der Waals surface area contributed by atoms with Crippen molar-refractivity contribution in [3.05, 3.63) is 0 Å². The molecule has 0 aromatic carbocycles. The molecule has 0 radical (unpaired) electrons. The maximum Gasteiger partial charge on any atom is 0.279 e. The van der Waals surface area contributed by atoms with E-state index in [1.54, 1.807) is 4.31 Å². The average Bonchev–Trinajstić information content (AvgIpc) is 3.28. The Morgan fingerprint density at radius 2 is 1.76 bits per heavy atom. The Labute approximate surface area is 130 Å². The van der Waals surface area contributed by atoms with E-state index in [0.29, 0.717) is 25.6 Å². The van der Waals surface area contributed by atoms with Crippen molar-refractivity contribution in [3.63, 3.8) is 0 Å². The molecule has 124 valence electrons. The molecule has 5 nitrogen and oxygen atoms in total. The van der Waals surface area contributed by atoms with Crippen LogP contribution in [0, 0.1) is 11.3 Å². The third-order valence-corrected chi connectivity index (χ3v) is 6.43. The lowest BCUT2D eigenvalue weighted by atomic mass is 9.91. The minimum atomic E-state index is -3.31. The monoisotopic (exact) mass is 317 g/mol. The highest BCUT2D eigenvalue weighted by molar-refractivity contribution is 7.87. The van der Waals surface area contributed by atoms with Crippen molar-refractivity contribution >= 4 is 10.2 Å². The molecule has 0 bridgehead atoms. The van der Waals surface area contributed by atoms with Gasteiger partial charge in [0.15, 0.2) is 0 Å². The van der Waals surface area contributed by atoms with Gasteiger partial charge < -0.3 is 5.32 Å². The van der Waals surface area contributed by atoms with Gasteiger partial charge >= 0.3 is 0 Å². The average molecular weight is 317 g/mol. The van der Waals surface area contributed by atoms with Crippen molar-refractivity contribution < 1.29 is 8.42 Å². The van der Waals surface area contributed by atoms with Gasteiger partial charge in [0, 0.05) is 25.7 Å². The van der Waals surface area contributed by atoms with Crippen molar-refractivity contribution in [3.8, 4) is 0 Å². The SMILES string of the molecule is CCC(C)(C)CNS(=O)(=O)N1CCC(CNC2CC2)CC1. The van der Waals surface area contributed by atoms with E-state index in [2.05, 4.69) is 30.8 Å². The van der Waals surface area contributed by atoms with E-state index in [1.165, 1.54) is 12.8 Å². The van der Waals surface area contributed by atoms with Crippen LogP contribution in [0.5, 0.6) is 0 Å². The third-order valence-electron chi connectivity index (χ3n) is 4.88. The van der Waals surface area contributed by atoms with Crippen molar-refractivity contribution in [2.75, 3.05) is 26.2 Å². The first-order valence-corrected chi connectivity index (χ1v) is 9.74. The molecule has 0 amide bonds. The predicted molar refractivity (Wildman–Crippen MR) is 86.3 cm³/mol. The van der Waals surface area contributed by atoms with Crippen LogP contribution in [0.25, 0.3) is 0 Å². The zero-order valence-corrected chi connectivity index (χ0v) is 14.5. The normalized spacial score (nSPS) is 22.6. The van der Waals surface area contributed by atoms with Gasteiger partial charge in [-0.05, 0) is 50.0 Å². The minimum absolute atomic E-state index is 0.0135. The third kappa shape index (κ3) is 5.51. The van der Waals surface area contributed by atoms with E-state index in [9.17, 15) is 8.42 Å². The van der Waals surface area contributed by atoms with Crippen molar-refractivity contribution in [2.24, 2.45) is 11.3 Å². The number of piperidine rings is 1. The van der Waals surface area contributed by atoms with Crippen molar-refractivity contribution in [1.29, 1.82) is 0 Å². The van der Waals surface area contributed by atoms with Crippen LogP contribution in [0.3, 0.4) is 0 Å². The highest BCUT2D eigenvalue weighted by atomic mass is 32.2. The van der Waals surface area contributed by atoms with Crippen LogP contribution in [-0.4, -0.2) is 44.9 Å². The topological polar surface area (TPSA) is 61.4 Å². The Hall–Kier alpha value is -0.170. The van der Waals surface area contributed by atoms with E-state index >= 15 is 0 Å². The zero-order valence-electron chi connectivity index (χ0n) is 13.7. The highest BCUT2D eigenvalue weighted by Gasteiger charge is 2.30. The number of rotatable bonds is 8. The van der Waals surface area contributed by atoms with E-state index in [-0.39, 0.29) is 5.41 Å². The lowest BCUT2D eigenvalue weighted by Crippen LogP contribution is -2.48. The standard InChI is InChI=1S/C15H31N3O2S/c1-4-15(2,3)12-17-21(19,20)18-9-7-13(8-10-18)11-16-14-5-6-14/h13-14,16-17H,4-12H2,1-3H3. The van der Waals surface area contributed by atoms with Crippen LogP contribution in [0.1, 0.15) is 52.9 Å². The maximum absolute atomic E-state index is 12.3. The van der Waals surface area contributed by atoms with E-state index in [4.69, 9.17) is 0 Å². The predicted octanol–water partition coefficient (Wildman–Crippen LogP) is 1.72. The smallest absolute Gasteiger partial charge is 0.279 e. The van der Waals surface area contributed by atoms with Crippen LogP contribution < -0.4 is 10.0 Å². The fourth-order valence-electron chi connectivity index (χ4n) is 2.48. The molecule has 2 aliphatic rings. The molecule has 0 atom stereocenters. The van der Waals surface area contributed by atoms with Crippen LogP contribution in [-0.2, 0) is 10.2 Å². The Morgan fingerprint density at radius 1 is 1.14 bits per heavy atom. The molecule has 0 spiro atoms. The number of hydrogen-bond acceptors (Lipinski definition) is 3. The zero-order chi connectivity index (χ0) is 15.5. The Bertz CT molecular complexity index is 424. The summed E-state index contributed by atoms with van der Waals surface area (Å²) in [6.45, 7) is 9.13. The second-order valence-electron chi connectivity index (χ2n) is 7.37. The van der Waals surface area contributed by atoms with Crippen LogP contribution >= 0.6 is 0 Å². The first-order chi connectivity index (χ1) is 9.82. The summed E-state index contributed by atoms with van der Waals surface area (Å²) in [4.78, 5) is 0. The second-order valence-corrected chi connectivity index (χ2v) is 9.12. The summed E-state index contributed by atoms with van der Waals surface area (Å²) in [5.41, 5.74) is 0.0135. The van der Waals surface area contributed by atoms with E-state index in [1.807, 2.05) is 0 Å². The quantitative estimate of drug-likeness (QED) is 0.716. The molecule has 1 aliphatic heterocycles. The first-order valence-electron chi connectivity index (χ1n) is 8.30. The Kier molecular flexibility index (Phi) is 5.68. The van der Waals surface area contributed by atoms with Gasteiger partial charge in [0.05, 0.1) is 0 Å². The summed E-state index contributed by atoms with van der Waals surface area (Å²) >= 11 is 0. The summed E-state index contributed by atoms with van der Waals surface area (Å²) < 4.78 is 29.1. The number of hydrogen-bond donors (Lipinski definition) is 2. The van der Waals surface area contributed by atoms with Crippen LogP contribution in [0.15, 0.2) is 0 Å². The highest BCUT2D eigenvalue weighted by Crippen LogP contribution is 2.23. The maximum atomic E-state index is 12.3. The van der Waals surface area contributed by atoms with Gasteiger partial charge in [0.1, 0.15) is 0 Å². The summed E-state index contributed by atoms with van der Waals surface area (Å²) in [6, 6.07) is 0.740. The van der Waals surface area contributed by atoms with Gasteiger partial charge in [-0.15, -0.1) is 0 Å².